The molecule has 0 aliphatic carbocycles. The Bertz CT molecular complexity index is 365. The molecule has 0 saturated carbocycles. The molecular formula is C12H17ClO2S. The second kappa shape index (κ2) is 5.30. The maximum Gasteiger partial charge on any atom is 0.202 e. The molecule has 0 bridgehead atoms. The van der Waals surface area contributed by atoms with Gasteiger partial charge in [-0.1, -0.05) is 32.4 Å². The molecule has 0 aliphatic heterocycles. The molecule has 16 heavy (non-hydrogen) atoms. The Hall–Kier alpha value is -0.380. The second-order valence-electron chi connectivity index (χ2n) is 4.67. The first kappa shape index (κ1) is 13.7. The Kier molecular flexibility index (Phi) is 4.53. The highest BCUT2D eigenvalue weighted by molar-refractivity contribution is 7.18. The van der Waals surface area contributed by atoms with Crippen LogP contribution in [0.1, 0.15) is 37.4 Å². The van der Waals surface area contributed by atoms with Gasteiger partial charge >= 0.3 is 0 Å². The summed E-state index contributed by atoms with van der Waals surface area (Å²) in [6.07, 6.45) is -0.410. The maximum atomic E-state index is 12.2. The molecule has 1 aromatic heterocycles. The zero-order valence-corrected chi connectivity index (χ0v) is 11.6. The fourth-order valence-corrected chi connectivity index (χ4v) is 2.46. The van der Waals surface area contributed by atoms with E-state index < -0.39 is 6.10 Å². The summed E-state index contributed by atoms with van der Waals surface area (Å²) in [5.41, 5.74) is -0.205. The van der Waals surface area contributed by atoms with Gasteiger partial charge in [-0.3, -0.25) is 4.79 Å². The molecule has 1 atom stereocenters. The van der Waals surface area contributed by atoms with Crippen LogP contribution >= 0.6 is 22.9 Å². The number of Topliss-reactive ketones (excluding diaryl/α,β-unsaturated/α-hetero) is 1. The van der Waals surface area contributed by atoms with Crippen LogP contribution < -0.4 is 0 Å². The van der Waals surface area contributed by atoms with E-state index in [2.05, 4.69) is 0 Å². The van der Waals surface area contributed by atoms with Crippen molar-refractivity contribution in [3.8, 4) is 0 Å². The maximum absolute atomic E-state index is 12.2. The highest BCUT2D eigenvalue weighted by Crippen LogP contribution is 2.29. The summed E-state index contributed by atoms with van der Waals surface area (Å²) in [7, 11) is 0. The van der Waals surface area contributed by atoms with Gasteiger partial charge in [0.05, 0.1) is 9.21 Å². The molecular weight excluding hydrogens is 244 g/mol. The fourth-order valence-electron chi connectivity index (χ4n) is 1.46. The van der Waals surface area contributed by atoms with Gasteiger partial charge < -0.3 is 4.74 Å². The van der Waals surface area contributed by atoms with E-state index in [1.54, 1.807) is 12.1 Å². The molecule has 0 aromatic carbocycles. The first-order chi connectivity index (χ1) is 7.36. The second-order valence-corrected chi connectivity index (χ2v) is 6.38. The smallest absolute Gasteiger partial charge is 0.202 e. The Morgan fingerprint density at radius 3 is 2.50 bits per heavy atom. The summed E-state index contributed by atoms with van der Waals surface area (Å²) >= 11 is 7.13. The number of rotatable bonds is 4. The topological polar surface area (TPSA) is 26.3 Å². The van der Waals surface area contributed by atoms with Crippen LogP contribution in [0, 0.1) is 5.41 Å². The van der Waals surface area contributed by atoms with Gasteiger partial charge in [-0.2, -0.15) is 0 Å². The summed E-state index contributed by atoms with van der Waals surface area (Å²) in [5.74, 6) is 0.0197. The van der Waals surface area contributed by atoms with Crippen molar-refractivity contribution < 1.29 is 9.53 Å². The van der Waals surface area contributed by atoms with E-state index in [1.807, 2.05) is 27.7 Å². The third kappa shape index (κ3) is 3.30. The summed E-state index contributed by atoms with van der Waals surface area (Å²) in [5, 5.41) is 0. The largest absolute Gasteiger partial charge is 0.370 e. The minimum absolute atomic E-state index is 0.0197. The van der Waals surface area contributed by atoms with Crippen molar-refractivity contribution in [2.45, 2.75) is 33.8 Å². The van der Waals surface area contributed by atoms with Crippen molar-refractivity contribution in [2.24, 2.45) is 5.41 Å². The van der Waals surface area contributed by atoms with Gasteiger partial charge in [0, 0.05) is 6.61 Å². The number of ketones is 1. The minimum Gasteiger partial charge on any atom is -0.370 e. The van der Waals surface area contributed by atoms with Gasteiger partial charge in [0.15, 0.2) is 0 Å². The number of hydrogen-bond acceptors (Lipinski definition) is 3. The molecule has 4 heteroatoms. The predicted octanol–water partition coefficient (Wildman–Crippen LogP) is 4.04. The van der Waals surface area contributed by atoms with Crippen LogP contribution in [0.5, 0.6) is 0 Å². The fraction of sp³-hybridized carbons (Fsp3) is 0.583. The Labute approximate surface area is 106 Å². The molecule has 1 unspecified atom stereocenters. The molecule has 1 heterocycles. The van der Waals surface area contributed by atoms with Gasteiger partial charge in [-0.05, 0) is 24.5 Å². The summed E-state index contributed by atoms with van der Waals surface area (Å²) in [6, 6.07) is 3.50. The lowest BCUT2D eigenvalue weighted by atomic mass is 9.86. The van der Waals surface area contributed by atoms with E-state index in [0.717, 1.165) is 0 Å². The number of ether oxygens (including phenoxy) is 1. The average Bonchev–Trinajstić information content (AvgIpc) is 2.58. The SMILES string of the molecule is CCOC(C(=O)c1ccc(Cl)s1)C(C)(C)C. The molecule has 2 nitrogen and oxygen atoms in total. The molecule has 0 radical (unpaired) electrons. The Balaban J connectivity index is 2.91. The zero-order chi connectivity index (χ0) is 12.3. The molecule has 0 fully saturated rings. The van der Waals surface area contributed by atoms with E-state index in [1.165, 1.54) is 11.3 Å². The van der Waals surface area contributed by atoms with Crippen LogP contribution in [0.15, 0.2) is 12.1 Å². The first-order valence-corrected chi connectivity index (χ1v) is 6.47. The van der Waals surface area contributed by atoms with E-state index in [0.29, 0.717) is 15.8 Å². The molecule has 0 N–H and O–H groups in total. The molecule has 90 valence electrons. The van der Waals surface area contributed by atoms with Crippen molar-refractivity contribution in [2.75, 3.05) is 6.61 Å². The van der Waals surface area contributed by atoms with Crippen LogP contribution in [0.4, 0.5) is 0 Å². The molecule has 0 aliphatic rings. The quantitative estimate of drug-likeness (QED) is 0.764. The molecule has 0 saturated heterocycles. The van der Waals surface area contributed by atoms with Gasteiger partial charge in [-0.25, -0.2) is 0 Å². The van der Waals surface area contributed by atoms with Crippen molar-refractivity contribution in [3.05, 3.63) is 21.3 Å². The Morgan fingerprint density at radius 1 is 1.50 bits per heavy atom. The monoisotopic (exact) mass is 260 g/mol. The van der Waals surface area contributed by atoms with Crippen LogP contribution in [-0.2, 0) is 4.74 Å². The normalized spacial score (nSPS) is 13.8. The first-order valence-electron chi connectivity index (χ1n) is 5.27. The molecule has 0 amide bonds. The van der Waals surface area contributed by atoms with Crippen LogP contribution in [-0.4, -0.2) is 18.5 Å². The van der Waals surface area contributed by atoms with Crippen LogP contribution in [0.3, 0.4) is 0 Å². The van der Waals surface area contributed by atoms with Crippen molar-refractivity contribution in [1.82, 2.24) is 0 Å². The van der Waals surface area contributed by atoms with Gasteiger partial charge in [0.1, 0.15) is 6.10 Å². The van der Waals surface area contributed by atoms with E-state index >= 15 is 0 Å². The lowest BCUT2D eigenvalue weighted by Crippen LogP contribution is -2.36. The van der Waals surface area contributed by atoms with Crippen molar-refractivity contribution in [3.63, 3.8) is 0 Å². The molecule has 0 spiro atoms. The molecule has 1 aromatic rings. The highest BCUT2D eigenvalue weighted by atomic mass is 35.5. The minimum atomic E-state index is -0.410. The van der Waals surface area contributed by atoms with E-state index in [4.69, 9.17) is 16.3 Å². The van der Waals surface area contributed by atoms with E-state index in [-0.39, 0.29) is 11.2 Å². The van der Waals surface area contributed by atoms with Crippen molar-refractivity contribution >= 4 is 28.7 Å². The number of carbonyl (C=O) groups is 1. The third-order valence-corrected chi connectivity index (χ3v) is 3.42. The summed E-state index contributed by atoms with van der Waals surface area (Å²) < 4.78 is 6.18. The molecule has 1 rings (SSSR count). The standard InChI is InChI=1S/C12H17ClO2S/c1-5-15-11(12(2,3)4)10(14)8-6-7-9(13)16-8/h6-7,11H,5H2,1-4H3. The predicted molar refractivity (Wildman–Crippen MR) is 68.5 cm³/mol. The summed E-state index contributed by atoms with van der Waals surface area (Å²) in [4.78, 5) is 12.9. The van der Waals surface area contributed by atoms with Crippen molar-refractivity contribution in [1.29, 1.82) is 0 Å². The summed E-state index contributed by atoms with van der Waals surface area (Å²) in [6.45, 7) is 8.43. The highest BCUT2D eigenvalue weighted by Gasteiger charge is 2.33. The van der Waals surface area contributed by atoms with Crippen LogP contribution in [0.2, 0.25) is 4.34 Å². The third-order valence-electron chi connectivity index (χ3n) is 2.17. The van der Waals surface area contributed by atoms with Gasteiger partial charge in [-0.15, -0.1) is 11.3 Å². The van der Waals surface area contributed by atoms with Gasteiger partial charge in [0.25, 0.3) is 0 Å². The number of halogens is 1. The number of thiophene rings is 1. The average molecular weight is 261 g/mol. The Morgan fingerprint density at radius 2 is 2.12 bits per heavy atom. The number of hydrogen-bond donors (Lipinski definition) is 0. The van der Waals surface area contributed by atoms with Gasteiger partial charge in [0.2, 0.25) is 5.78 Å². The van der Waals surface area contributed by atoms with Crippen LogP contribution in [0.25, 0.3) is 0 Å². The lowest BCUT2D eigenvalue weighted by molar-refractivity contribution is 0.0000794. The number of carbonyl (C=O) groups excluding carboxylic acids is 1. The lowest BCUT2D eigenvalue weighted by Gasteiger charge is -2.28. The van der Waals surface area contributed by atoms with E-state index in [9.17, 15) is 4.79 Å². The zero-order valence-electron chi connectivity index (χ0n) is 10.0.